The Bertz CT molecular complexity index is 1130. The Balaban J connectivity index is 1.71. The van der Waals surface area contributed by atoms with Gasteiger partial charge in [0.25, 0.3) is 5.91 Å². The molecule has 1 amide bonds. The molecule has 0 fully saturated rings. The molecule has 0 aliphatic rings. The Labute approximate surface area is 167 Å². The zero-order valence-corrected chi connectivity index (χ0v) is 16.4. The van der Waals surface area contributed by atoms with E-state index in [4.69, 9.17) is 13.9 Å². The average molecular weight is 395 g/mol. The van der Waals surface area contributed by atoms with Crippen molar-refractivity contribution in [3.63, 3.8) is 0 Å². The zero-order valence-electron chi connectivity index (χ0n) is 16.4. The largest absolute Gasteiger partial charge is 0.482 e. The molecule has 3 aromatic rings. The smallest absolute Gasteiger partial charge is 0.349 e. The van der Waals surface area contributed by atoms with Crippen LogP contribution < -0.4 is 20.4 Å². The molecule has 0 aliphatic carbocycles. The standard InChI is InChI=1S/C22H21NO6/c1-4-23-21(25)17-10-15-6-7-16(11-19(15)29-22(17)26)28-20(24)12-27-18-8-5-13(2)9-14(18)3/h5-11H,4,12H2,1-3H3,(H,23,25). The van der Waals surface area contributed by atoms with E-state index < -0.39 is 17.5 Å². The predicted molar refractivity (Wildman–Crippen MR) is 108 cm³/mol. The predicted octanol–water partition coefficient (Wildman–Crippen LogP) is 3.14. The quantitative estimate of drug-likeness (QED) is 0.391. The van der Waals surface area contributed by atoms with Gasteiger partial charge in [-0.25, -0.2) is 9.59 Å². The summed E-state index contributed by atoms with van der Waals surface area (Å²) in [6.07, 6.45) is 0. The van der Waals surface area contributed by atoms with Gasteiger partial charge in [-0.2, -0.15) is 0 Å². The lowest BCUT2D eigenvalue weighted by atomic mass is 10.1. The molecule has 7 heteroatoms. The fourth-order valence-electron chi connectivity index (χ4n) is 2.83. The van der Waals surface area contributed by atoms with Gasteiger partial charge in [-0.1, -0.05) is 17.7 Å². The third-order valence-electron chi connectivity index (χ3n) is 4.20. The molecule has 0 aliphatic heterocycles. The molecule has 3 rings (SSSR count). The summed E-state index contributed by atoms with van der Waals surface area (Å²) in [5.74, 6) is -0.275. The summed E-state index contributed by atoms with van der Waals surface area (Å²) in [5, 5.41) is 3.10. The number of esters is 1. The number of carbonyl (C=O) groups is 2. The van der Waals surface area contributed by atoms with E-state index in [2.05, 4.69) is 5.32 Å². The molecule has 0 atom stereocenters. The van der Waals surface area contributed by atoms with Crippen molar-refractivity contribution in [1.29, 1.82) is 0 Å². The van der Waals surface area contributed by atoms with Gasteiger partial charge in [0.2, 0.25) is 0 Å². The molecule has 1 aromatic heterocycles. The van der Waals surface area contributed by atoms with Gasteiger partial charge in [0.15, 0.2) is 6.61 Å². The van der Waals surface area contributed by atoms with Gasteiger partial charge in [0.05, 0.1) is 0 Å². The SMILES string of the molecule is CCNC(=O)c1cc2ccc(OC(=O)COc3ccc(C)cc3C)cc2oc1=O. The van der Waals surface area contributed by atoms with E-state index in [-0.39, 0.29) is 23.5 Å². The van der Waals surface area contributed by atoms with Crippen molar-refractivity contribution >= 4 is 22.8 Å². The second kappa shape index (κ2) is 8.60. The summed E-state index contributed by atoms with van der Waals surface area (Å²) < 4.78 is 16.0. The van der Waals surface area contributed by atoms with E-state index in [1.165, 1.54) is 12.1 Å². The molecule has 0 radical (unpaired) electrons. The minimum atomic E-state index is -0.759. The highest BCUT2D eigenvalue weighted by Gasteiger charge is 2.14. The first-order valence-corrected chi connectivity index (χ1v) is 9.14. The van der Waals surface area contributed by atoms with Crippen molar-refractivity contribution in [3.8, 4) is 11.5 Å². The molecule has 150 valence electrons. The van der Waals surface area contributed by atoms with Crippen LogP contribution in [-0.4, -0.2) is 25.0 Å². The van der Waals surface area contributed by atoms with Gasteiger partial charge in [-0.05, 0) is 50.6 Å². The van der Waals surface area contributed by atoms with Crippen LogP contribution in [0.5, 0.6) is 11.5 Å². The second-order valence-corrected chi connectivity index (χ2v) is 6.54. The summed E-state index contributed by atoms with van der Waals surface area (Å²) in [7, 11) is 0. The minimum Gasteiger partial charge on any atom is -0.482 e. The molecule has 2 aromatic carbocycles. The maximum atomic E-state index is 12.1. The molecule has 0 saturated carbocycles. The summed E-state index contributed by atoms with van der Waals surface area (Å²) >= 11 is 0. The van der Waals surface area contributed by atoms with E-state index in [9.17, 15) is 14.4 Å². The first kappa shape index (κ1) is 20.1. The van der Waals surface area contributed by atoms with Crippen molar-refractivity contribution in [3.05, 3.63) is 69.6 Å². The monoisotopic (exact) mass is 395 g/mol. The lowest BCUT2D eigenvalue weighted by molar-refractivity contribution is -0.136. The first-order chi connectivity index (χ1) is 13.9. The summed E-state index contributed by atoms with van der Waals surface area (Å²) in [6, 6.07) is 11.7. The average Bonchev–Trinajstić information content (AvgIpc) is 2.67. The van der Waals surface area contributed by atoms with Gasteiger partial charge in [-0.3, -0.25) is 4.79 Å². The van der Waals surface area contributed by atoms with Crippen LogP contribution in [0.1, 0.15) is 28.4 Å². The number of hydrogen-bond acceptors (Lipinski definition) is 6. The maximum absolute atomic E-state index is 12.1. The van der Waals surface area contributed by atoms with E-state index in [1.807, 2.05) is 26.0 Å². The second-order valence-electron chi connectivity index (χ2n) is 6.54. The van der Waals surface area contributed by atoms with Gasteiger partial charge in [-0.15, -0.1) is 0 Å². The van der Waals surface area contributed by atoms with Crippen molar-refractivity contribution < 1.29 is 23.5 Å². The fraction of sp³-hybridized carbons (Fsp3) is 0.227. The Morgan fingerprint density at radius 2 is 1.86 bits per heavy atom. The van der Waals surface area contributed by atoms with E-state index in [1.54, 1.807) is 25.1 Å². The lowest BCUT2D eigenvalue weighted by Crippen LogP contribution is -2.27. The first-order valence-electron chi connectivity index (χ1n) is 9.14. The minimum absolute atomic E-state index is 0.0778. The fourth-order valence-corrected chi connectivity index (χ4v) is 2.83. The zero-order chi connectivity index (χ0) is 21.0. The summed E-state index contributed by atoms with van der Waals surface area (Å²) in [5.41, 5.74) is 1.40. The van der Waals surface area contributed by atoms with Crippen molar-refractivity contribution in [2.45, 2.75) is 20.8 Å². The third kappa shape index (κ3) is 4.82. The topological polar surface area (TPSA) is 94.8 Å². The van der Waals surface area contributed by atoms with Gasteiger partial charge in [0, 0.05) is 18.0 Å². The Kier molecular flexibility index (Phi) is 5.97. The highest BCUT2D eigenvalue weighted by molar-refractivity contribution is 5.96. The van der Waals surface area contributed by atoms with Gasteiger partial charge >= 0.3 is 11.6 Å². The van der Waals surface area contributed by atoms with Crippen LogP contribution in [0.2, 0.25) is 0 Å². The number of fused-ring (bicyclic) bond motifs is 1. The number of carbonyl (C=O) groups excluding carboxylic acids is 2. The number of rotatable bonds is 6. The number of amides is 1. The van der Waals surface area contributed by atoms with E-state index >= 15 is 0 Å². The molecule has 0 bridgehead atoms. The number of ether oxygens (including phenoxy) is 2. The normalized spacial score (nSPS) is 10.6. The molecule has 1 N–H and O–H groups in total. The van der Waals surface area contributed by atoms with Crippen molar-refractivity contribution in [1.82, 2.24) is 5.32 Å². The van der Waals surface area contributed by atoms with Crippen LogP contribution in [0.15, 0.2) is 51.7 Å². The Hall–Kier alpha value is -3.61. The van der Waals surface area contributed by atoms with Gasteiger partial charge in [0.1, 0.15) is 22.6 Å². The van der Waals surface area contributed by atoms with Crippen LogP contribution in [0.25, 0.3) is 11.0 Å². The number of nitrogens with one attached hydrogen (secondary N) is 1. The van der Waals surface area contributed by atoms with E-state index in [0.29, 0.717) is 17.7 Å². The molecule has 1 heterocycles. The molecular weight excluding hydrogens is 374 g/mol. The van der Waals surface area contributed by atoms with Crippen molar-refractivity contribution in [2.75, 3.05) is 13.2 Å². The summed E-state index contributed by atoms with van der Waals surface area (Å²) in [4.78, 5) is 36.0. The van der Waals surface area contributed by atoms with Crippen molar-refractivity contribution in [2.24, 2.45) is 0 Å². The molecule has 0 unspecified atom stereocenters. The van der Waals surface area contributed by atoms with Crippen LogP contribution in [0.4, 0.5) is 0 Å². The molecule has 0 spiro atoms. The number of benzene rings is 2. The summed E-state index contributed by atoms with van der Waals surface area (Å²) in [6.45, 7) is 5.76. The number of hydrogen-bond donors (Lipinski definition) is 1. The highest BCUT2D eigenvalue weighted by atomic mass is 16.6. The van der Waals surface area contributed by atoms with E-state index in [0.717, 1.165) is 11.1 Å². The maximum Gasteiger partial charge on any atom is 0.349 e. The Morgan fingerprint density at radius 1 is 1.07 bits per heavy atom. The third-order valence-corrected chi connectivity index (χ3v) is 4.20. The van der Waals surface area contributed by atoms with Crippen LogP contribution in [0.3, 0.4) is 0 Å². The highest BCUT2D eigenvalue weighted by Crippen LogP contribution is 2.22. The molecule has 0 saturated heterocycles. The van der Waals surface area contributed by atoms with Crippen LogP contribution >= 0.6 is 0 Å². The Morgan fingerprint density at radius 3 is 2.59 bits per heavy atom. The van der Waals surface area contributed by atoms with Crippen LogP contribution in [0, 0.1) is 13.8 Å². The molecule has 7 nitrogen and oxygen atoms in total. The lowest BCUT2D eigenvalue weighted by Gasteiger charge is -2.10. The molecule has 29 heavy (non-hydrogen) atoms. The van der Waals surface area contributed by atoms with Crippen LogP contribution in [-0.2, 0) is 4.79 Å². The number of aryl methyl sites for hydroxylation is 2. The molecular formula is C22H21NO6. The van der Waals surface area contributed by atoms with Gasteiger partial charge < -0.3 is 19.2 Å².